The van der Waals surface area contributed by atoms with E-state index in [1.807, 2.05) is 18.2 Å². The summed E-state index contributed by atoms with van der Waals surface area (Å²) in [6.07, 6.45) is 0. The molecule has 1 aliphatic rings. The highest BCUT2D eigenvalue weighted by molar-refractivity contribution is 8.11. The van der Waals surface area contributed by atoms with Gasteiger partial charge in [-0.15, -0.1) is 0 Å². The molecule has 1 aliphatic heterocycles. The average molecular weight is 196 g/mol. The Hall–Kier alpha value is -1.16. The van der Waals surface area contributed by atoms with Crippen molar-refractivity contribution in [1.29, 1.82) is 0 Å². The number of ether oxygens (including phenoxy) is 2. The molecular formula is C9H8O3S. The molecule has 1 aromatic rings. The number of rotatable bonds is 2. The van der Waals surface area contributed by atoms with Crippen molar-refractivity contribution in [3.63, 3.8) is 0 Å². The van der Waals surface area contributed by atoms with Crippen LogP contribution in [0.3, 0.4) is 0 Å². The van der Waals surface area contributed by atoms with E-state index < -0.39 is 0 Å². The molecule has 0 aliphatic carbocycles. The third-order valence-corrected chi connectivity index (χ3v) is 2.32. The van der Waals surface area contributed by atoms with E-state index in [-0.39, 0.29) is 0 Å². The number of carbonyl (C=O) groups excluding carboxylic acids is 1. The van der Waals surface area contributed by atoms with E-state index >= 15 is 0 Å². The summed E-state index contributed by atoms with van der Waals surface area (Å²) in [6, 6.07) is 5.47. The fourth-order valence-corrected chi connectivity index (χ4v) is 1.59. The van der Waals surface area contributed by atoms with Gasteiger partial charge in [-0.05, 0) is 18.2 Å². The van der Waals surface area contributed by atoms with E-state index in [1.54, 1.807) is 0 Å². The SMILES string of the molecule is O=CSc1ccc2c(c1)OCCO2. The molecule has 3 nitrogen and oxygen atoms in total. The van der Waals surface area contributed by atoms with Crippen LogP contribution in [0.2, 0.25) is 0 Å². The molecule has 0 saturated carbocycles. The zero-order chi connectivity index (χ0) is 9.10. The molecule has 1 heterocycles. The molecular weight excluding hydrogens is 188 g/mol. The van der Waals surface area contributed by atoms with E-state index in [0.717, 1.165) is 33.8 Å². The van der Waals surface area contributed by atoms with Crippen LogP contribution in [0, 0.1) is 0 Å². The van der Waals surface area contributed by atoms with Gasteiger partial charge >= 0.3 is 0 Å². The lowest BCUT2D eigenvalue weighted by Crippen LogP contribution is -2.15. The molecule has 0 bridgehead atoms. The first-order valence-electron chi connectivity index (χ1n) is 3.90. The van der Waals surface area contributed by atoms with Crippen LogP contribution in [-0.2, 0) is 4.79 Å². The number of fused-ring (bicyclic) bond motifs is 1. The van der Waals surface area contributed by atoms with E-state index in [9.17, 15) is 4.79 Å². The van der Waals surface area contributed by atoms with E-state index in [0.29, 0.717) is 13.2 Å². The second-order valence-corrected chi connectivity index (χ2v) is 3.42. The minimum atomic E-state index is 0.572. The summed E-state index contributed by atoms with van der Waals surface area (Å²) >= 11 is 1.13. The Bertz CT molecular complexity index is 325. The molecule has 2 rings (SSSR count). The summed E-state index contributed by atoms with van der Waals surface area (Å²) in [7, 11) is 0. The first-order valence-corrected chi connectivity index (χ1v) is 4.78. The minimum absolute atomic E-state index is 0.572. The van der Waals surface area contributed by atoms with Crippen molar-refractivity contribution in [3.8, 4) is 11.5 Å². The molecule has 4 heteroatoms. The van der Waals surface area contributed by atoms with Crippen LogP contribution < -0.4 is 9.47 Å². The van der Waals surface area contributed by atoms with Gasteiger partial charge in [0.25, 0.3) is 0 Å². The van der Waals surface area contributed by atoms with Gasteiger partial charge in [0.2, 0.25) is 0 Å². The summed E-state index contributed by atoms with van der Waals surface area (Å²) < 4.78 is 10.7. The zero-order valence-corrected chi connectivity index (χ0v) is 7.67. The monoisotopic (exact) mass is 196 g/mol. The molecule has 0 unspecified atom stereocenters. The van der Waals surface area contributed by atoms with Gasteiger partial charge in [0.15, 0.2) is 17.1 Å². The predicted molar refractivity (Wildman–Crippen MR) is 50.0 cm³/mol. The van der Waals surface area contributed by atoms with Crippen molar-refractivity contribution in [2.24, 2.45) is 0 Å². The maximum Gasteiger partial charge on any atom is 0.180 e. The zero-order valence-electron chi connectivity index (χ0n) is 6.86. The van der Waals surface area contributed by atoms with Gasteiger partial charge in [0, 0.05) is 4.90 Å². The number of hydrogen-bond donors (Lipinski definition) is 0. The first kappa shape index (κ1) is 8.44. The van der Waals surface area contributed by atoms with E-state index in [1.165, 1.54) is 0 Å². The predicted octanol–water partition coefficient (Wildman–Crippen LogP) is 1.74. The Balaban J connectivity index is 2.29. The Labute approximate surface area is 80.0 Å². The van der Waals surface area contributed by atoms with E-state index in [4.69, 9.17) is 9.47 Å². The summed E-state index contributed by atoms with van der Waals surface area (Å²) in [6.45, 7) is 1.16. The Morgan fingerprint density at radius 2 is 2.00 bits per heavy atom. The fraction of sp³-hybridized carbons (Fsp3) is 0.222. The molecule has 0 radical (unpaired) electrons. The number of benzene rings is 1. The summed E-state index contributed by atoms with van der Waals surface area (Å²) in [5, 5.41) is 0. The lowest BCUT2D eigenvalue weighted by atomic mass is 10.3. The third-order valence-electron chi connectivity index (χ3n) is 1.70. The maximum absolute atomic E-state index is 10.2. The van der Waals surface area contributed by atoms with Crippen molar-refractivity contribution in [3.05, 3.63) is 18.2 Å². The Morgan fingerprint density at radius 1 is 1.23 bits per heavy atom. The number of carbonyl (C=O) groups is 1. The standard InChI is InChI=1S/C9H8O3S/c10-6-13-7-1-2-8-9(5-7)12-4-3-11-8/h1-2,5-6H,3-4H2. The quantitative estimate of drug-likeness (QED) is 0.533. The molecule has 0 atom stereocenters. The fourth-order valence-electron chi connectivity index (χ4n) is 1.15. The number of hydrogen-bond acceptors (Lipinski definition) is 4. The van der Waals surface area contributed by atoms with Crippen molar-refractivity contribution >= 4 is 17.4 Å². The maximum atomic E-state index is 10.2. The van der Waals surface area contributed by atoms with Gasteiger partial charge in [-0.1, -0.05) is 11.8 Å². The normalized spacial score (nSPS) is 13.8. The van der Waals surface area contributed by atoms with Crippen molar-refractivity contribution in [2.45, 2.75) is 4.90 Å². The molecule has 1 aromatic carbocycles. The Kier molecular flexibility index (Phi) is 2.40. The number of thioether (sulfide) groups is 1. The lowest BCUT2D eigenvalue weighted by Gasteiger charge is -2.18. The van der Waals surface area contributed by atoms with Gasteiger partial charge in [0.1, 0.15) is 13.2 Å². The molecule has 68 valence electrons. The van der Waals surface area contributed by atoms with Crippen LogP contribution >= 0.6 is 11.8 Å². The Morgan fingerprint density at radius 3 is 2.77 bits per heavy atom. The average Bonchev–Trinajstić information content (AvgIpc) is 2.18. The van der Waals surface area contributed by atoms with Crippen LogP contribution in [0.1, 0.15) is 0 Å². The summed E-state index contributed by atoms with van der Waals surface area (Å²) in [5.74, 6) is 1.47. The van der Waals surface area contributed by atoms with Crippen LogP contribution in [-0.4, -0.2) is 18.8 Å². The van der Waals surface area contributed by atoms with Crippen LogP contribution in [0.15, 0.2) is 23.1 Å². The highest BCUT2D eigenvalue weighted by Crippen LogP contribution is 2.33. The first-order chi connectivity index (χ1) is 6.40. The molecule has 0 N–H and O–H groups in total. The molecule has 0 aromatic heterocycles. The summed E-state index contributed by atoms with van der Waals surface area (Å²) in [5.41, 5.74) is 0.797. The highest BCUT2D eigenvalue weighted by Gasteiger charge is 2.11. The van der Waals surface area contributed by atoms with E-state index in [2.05, 4.69) is 0 Å². The van der Waals surface area contributed by atoms with Gasteiger partial charge in [-0.3, -0.25) is 4.79 Å². The minimum Gasteiger partial charge on any atom is -0.486 e. The summed E-state index contributed by atoms with van der Waals surface area (Å²) in [4.78, 5) is 11.1. The molecule has 0 fully saturated rings. The topological polar surface area (TPSA) is 35.5 Å². The molecule has 0 saturated heterocycles. The highest BCUT2D eigenvalue weighted by atomic mass is 32.2. The molecule has 13 heavy (non-hydrogen) atoms. The van der Waals surface area contributed by atoms with Gasteiger partial charge in [-0.2, -0.15) is 0 Å². The van der Waals surface area contributed by atoms with Crippen molar-refractivity contribution < 1.29 is 14.3 Å². The van der Waals surface area contributed by atoms with Gasteiger partial charge < -0.3 is 9.47 Å². The smallest absolute Gasteiger partial charge is 0.180 e. The molecule has 0 amide bonds. The van der Waals surface area contributed by atoms with Gasteiger partial charge in [-0.25, -0.2) is 0 Å². The largest absolute Gasteiger partial charge is 0.486 e. The second kappa shape index (κ2) is 3.70. The second-order valence-electron chi connectivity index (χ2n) is 2.52. The van der Waals surface area contributed by atoms with Crippen LogP contribution in [0.5, 0.6) is 11.5 Å². The van der Waals surface area contributed by atoms with Crippen molar-refractivity contribution in [1.82, 2.24) is 0 Å². The van der Waals surface area contributed by atoms with Crippen molar-refractivity contribution in [2.75, 3.05) is 13.2 Å². The van der Waals surface area contributed by atoms with Crippen LogP contribution in [0.4, 0.5) is 0 Å². The molecule has 0 spiro atoms. The van der Waals surface area contributed by atoms with Gasteiger partial charge in [0.05, 0.1) is 0 Å². The van der Waals surface area contributed by atoms with Crippen LogP contribution in [0.25, 0.3) is 0 Å². The lowest BCUT2D eigenvalue weighted by molar-refractivity contribution is 0.171. The third kappa shape index (κ3) is 1.78.